The first-order chi connectivity index (χ1) is 10.8. The van der Waals surface area contributed by atoms with Crippen LogP contribution in [-0.4, -0.2) is 46.1 Å². The van der Waals surface area contributed by atoms with Crippen LogP contribution in [0.1, 0.15) is 0 Å². The van der Waals surface area contributed by atoms with Crippen LogP contribution in [-0.2, 0) is 4.74 Å². The molecule has 0 amide bonds. The van der Waals surface area contributed by atoms with Gasteiger partial charge in [-0.05, 0) is 36.4 Å². The summed E-state index contributed by atoms with van der Waals surface area (Å²) >= 11 is 5.94. The number of anilines is 1. The van der Waals surface area contributed by atoms with E-state index < -0.39 is 0 Å². The number of halogens is 1. The summed E-state index contributed by atoms with van der Waals surface area (Å²) in [5, 5.41) is 13.8. The summed E-state index contributed by atoms with van der Waals surface area (Å²) in [6.45, 7) is 3.14. The number of hydrogen-bond acceptors (Lipinski definition) is 5. The molecule has 4 rings (SSSR count). The van der Waals surface area contributed by atoms with E-state index >= 15 is 0 Å². The van der Waals surface area contributed by atoms with E-state index in [-0.39, 0.29) is 0 Å². The van der Waals surface area contributed by atoms with E-state index in [4.69, 9.17) is 16.3 Å². The summed E-state index contributed by atoms with van der Waals surface area (Å²) in [4.78, 5) is 2.20. The van der Waals surface area contributed by atoms with Crippen LogP contribution >= 0.6 is 11.6 Å². The third-order valence-electron chi connectivity index (χ3n) is 3.69. The van der Waals surface area contributed by atoms with Gasteiger partial charge in [-0.1, -0.05) is 11.6 Å². The number of morpholine rings is 1. The normalized spacial score (nSPS) is 15.4. The average molecular weight is 316 g/mol. The Hall–Kier alpha value is -2.18. The maximum absolute atomic E-state index is 5.94. The van der Waals surface area contributed by atoms with Crippen LogP contribution in [0.2, 0.25) is 5.02 Å². The van der Waals surface area contributed by atoms with Crippen LogP contribution in [0.4, 0.5) is 5.82 Å². The van der Waals surface area contributed by atoms with Gasteiger partial charge in [0.2, 0.25) is 0 Å². The van der Waals surface area contributed by atoms with Crippen molar-refractivity contribution in [2.75, 3.05) is 31.2 Å². The highest BCUT2D eigenvalue weighted by atomic mass is 35.5. The van der Waals surface area contributed by atoms with Gasteiger partial charge in [-0.15, -0.1) is 15.3 Å². The quantitative estimate of drug-likeness (QED) is 0.726. The Morgan fingerprint density at radius 3 is 2.50 bits per heavy atom. The molecule has 1 aliphatic rings. The lowest BCUT2D eigenvalue weighted by atomic mass is 10.2. The molecule has 0 N–H and O–H groups in total. The molecular formula is C15H14ClN5O. The van der Waals surface area contributed by atoms with Crippen LogP contribution in [0.3, 0.4) is 0 Å². The lowest BCUT2D eigenvalue weighted by Gasteiger charge is -2.27. The smallest absolute Gasteiger partial charge is 0.185 e. The third-order valence-corrected chi connectivity index (χ3v) is 3.94. The minimum absolute atomic E-state index is 0.694. The van der Waals surface area contributed by atoms with E-state index in [1.807, 2.05) is 36.4 Å². The SMILES string of the molecule is Clc1ccc(-c2nnc3ccc(N4CCOCC4)nn23)cc1. The van der Waals surface area contributed by atoms with Crippen molar-refractivity contribution in [2.24, 2.45) is 0 Å². The van der Waals surface area contributed by atoms with E-state index in [2.05, 4.69) is 20.2 Å². The standard InChI is InChI=1S/C15H14ClN5O/c16-12-3-1-11(2-4-12)15-18-17-13-5-6-14(19-21(13)15)20-7-9-22-10-8-20/h1-6H,7-10H2. The molecule has 0 saturated carbocycles. The number of benzene rings is 1. The molecule has 0 aliphatic carbocycles. The molecule has 0 spiro atoms. The number of ether oxygens (including phenoxy) is 1. The molecule has 1 aromatic carbocycles. The van der Waals surface area contributed by atoms with Crippen molar-refractivity contribution in [3.05, 3.63) is 41.4 Å². The number of rotatable bonds is 2. The molecule has 6 nitrogen and oxygen atoms in total. The van der Waals surface area contributed by atoms with Gasteiger partial charge >= 0.3 is 0 Å². The summed E-state index contributed by atoms with van der Waals surface area (Å²) in [7, 11) is 0. The Morgan fingerprint density at radius 2 is 1.73 bits per heavy atom. The van der Waals surface area contributed by atoms with E-state index in [1.165, 1.54) is 0 Å². The first-order valence-corrected chi connectivity index (χ1v) is 7.50. The monoisotopic (exact) mass is 315 g/mol. The molecular weight excluding hydrogens is 302 g/mol. The molecule has 1 fully saturated rings. The number of hydrogen-bond donors (Lipinski definition) is 0. The van der Waals surface area contributed by atoms with Gasteiger partial charge in [-0.25, -0.2) is 0 Å². The van der Waals surface area contributed by atoms with Crippen molar-refractivity contribution in [1.29, 1.82) is 0 Å². The van der Waals surface area contributed by atoms with Gasteiger partial charge in [0.1, 0.15) is 5.82 Å². The lowest BCUT2D eigenvalue weighted by molar-refractivity contribution is 0.122. The maximum atomic E-state index is 5.94. The summed E-state index contributed by atoms with van der Waals surface area (Å²) in [5.41, 5.74) is 1.66. The molecule has 1 saturated heterocycles. The predicted molar refractivity (Wildman–Crippen MR) is 84.3 cm³/mol. The first-order valence-electron chi connectivity index (χ1n) is 7.12. The van der Waals surface area contributed by atoms with Gasteiger partial charge in [0.05, 0.1) is 13.2 Å². The Balaban J connectivity index is 1.77. The van der Waals surface area contributed by atoms with Crippen LogP contribution < -0.4 is 4.90 Å². The van der Waals surface area contributed by atoms with E-state index in [0.29, 0.717) is 10.8 Å². The van der Waals surface area contributed by atoms with E-state index in [1.54, 1.807) is 4.52 Å². The molecule has 3 aromatic rings. The van der Waals surface area contributed by atoms with E-state index in [9.17, 15) is 0 Å². The summed E-state index contributed by atoms with van der Waals surface area (Å²) in [6, 6.07) is 11.4. The van der Waals surface area contributed by atoms with Gasteiger partial charge in [0, 0.05) is 23.7 Å². The second-order valence-electron chi connectivity index (χ2n) is 5.09. The molecule has 0 radical (unpaired) electrons. The topological polar surface area (TPSA) is 55.5 Å². The largest absolute Gasteiger partial charge is 0.378 e. The first kappa shape index (κ1) is 13.5. The van der Waals surface area contributed by atoms with Crippen LogP contribution in [0.25, 0.3) is 17.0 Å². The number of nitrogens with zero attached hydrogens (tertiary/aromatic N) is 5. The fourth-order valence-corrected chi connectivity index (χ4v) is 2.65. The molecule has 22 heavy (non-hydrogen) atoms. The molecule has 2 aromatic heterocycles. The van der Waals surface area contributed by atoms with Crippen molar-refractivity contribution < 1.29 is 4.74 Å². The zero-order valence-electron chi connectivity index (χ0n) is 11.8. The van der Waals surface area contributed by atoms with E-state index in [0.717, 1.165) is 43.3 Å². The van der Waals surface area contributed by atoms with Crippen LogP contribution in [0.5, 0.6) is 0 Å². The van der Waals surface area contributed by atoms with Gasteiger partial charge in [-0.3, -0.25) is 0 Å². The second-order valence-corrected chi connectivity index (χ2v) is 5.53. The molecule has 7 heteroatoms. The summed E-state index contributed by atoms with van der Waals surface area (Å²) < 4.78 is 7.16. The molecule has 1 aliphatic heterocycles. The molecule has 0 atom stereocenters. The Morgan fingerprint density at radius 1 is 0.955 bits per heavy atom. The van der Waals surface area contributed by atoms with Crippen molar-refractivity contribution in [1.82, 2.24) is 19.8 Å². The lowest BCUT2D eigenvalue weighted by Crippen LogP contribution is -2.37. The van der Waals surface area contributed by atoms with Crippen molar-refractivity contribution in [3.63, 3.8) is 0 Å². The minimum Gasteiger partial charge on any atom is -0.378 e. The zero-order chi connectivity index (χ0) is 14.9. The molecule has 112 valence electrons. The fraction of sp³-hybridized carbons (Fsp3) is 0.267. The van der Waals surface area contributed by atoms with Crippen molar-refractivity contribution in [2.45, 2.75) is 0 Å². The molecule has 0 unspecified atom stereocenters. The van der Waals surface area contributed by atoms with Gasteiger partial charge < -0.3 is 9.64 Å². The van der Waals surface area contributed by atoms with Crippen LogP contribution in [0.15, 0.2) is 36.4 Å². The number of fused-ring (bicyclic) bond motifs is 1. The highest BCUT2D eigenvalue weighted by molar-refractivity contribution is 6.30. The highest BCUT2D eigenvalue weighted by Crippen LogP contribution is 2.21. The van der Waals surface area contributed by atoms with Crippen LogP contribution in [0, 0.1) is 0 Å². The summed E-state index contributed by atoms with van der Waals surface area (Å²) in [6.07, 6.45) is 0. The fourth-order valence-electron chi connectivity index (χ4n) is 2.52. The van der Waals surface area contributed by atoms with Crippen molar-refractivity contribution >= 4 is 23.1 Å². The second kappa shape index (κ2) is 5.55. The van der Waals surface area contributed by atoms with Gasteiger partial charge in [-0.2, -0.15) is 4.52 Å². The minimum atomic E-state index is 0.694. The summed E-state index contributed by atoms with van der Waals surface area (Å²) in [5.74, 6) is 1.62. The average Bonchev–Trinajstić information content (AvgIpc) is 2.99. The maximum Gasteiger partial charge on any atom is 0.185 e. The Kier molecular flexibility index (Phi) is 3.40. The molecule has 0 bridgehead atoms. The predicted octanol–water partition coefficient (Wildman–Crippen LogP) is 2.28. The highest BCUT2D eigenvalue weighted by Gasteiger charge is 2.15. The third kappa shape index (κ3) is 2.40. The number of aromatic nitrogens is 4. The molecule has 3 heterocycles. The van der Waals surface area contributed by atoms with Gasteiger partial charge in [0.25, 0.3) is 0 Å². The van der Waals surface area contributed by atoms with Gasteiger partial charge in [0.15, 0.2) is 11.5 Å². The van der Waals surface area contributed by atoms with Crippen molar-refractivity contribution in [3.8, 4) is 11.4 Å². The zero-order valence-corrected chi connectivity index (χ0v) is 12.6. The Labute approximate surface area is 132 Å². The Bertz CT molecular complexity index is 795.